The molecule has 0 N–H and O–H groups in total. The summed E-state index contributed by atoms with van der Waals surface area (Å²) in [6.07, 6.45) is 0. The lowest BCUT2D eigenvalue weighted by molar-refractivity contribution is 0.299. The molecule has 0 aliphatic rings. The Balaban J connectivity index is 3.08. The molecule has 0 bridgehead atoms. The van der Waals surface area contributed by atoms with Crippen LogP contribution in [0, 0.1) is 0 Å². The van der Waals surface area contributed by atoms with Crippen LogP contribution in [-0.2, 0) is 14.1 Å². The van der Waals surface area contributed by atoms with Crippen LogP contribution >= 0.6 is 0 Å². The second-order valence-electron chi connectivity index (χ2n) is 2.18. The van der Waals surface area contributed by atoms with Gasteiger partial charge < -0.3 is 4.74 Å². The van der Waals surface area contributed by atoms with Crippen LogP contribution in [0.2, 0.25) is 0 Å². The third-order valence-corrected chi connectivity index (χ3v) is 1.36. The summed E-state index contributed by atoms with van der Waals surface area (Å²) in [4.78, 5) is 11.0. The van der Waals surface area contributed by atoms with Gasteiger partial charge in [0.25, 0.3) is 0 Å². The van der Waals surface area contributed by atoms with Gasteiger partial charge in [0.1, 0.15) is 0 Å². The molecule has 5 heteroatoms. The van der Waals surface area contributed by atoms with E-state index >= 15 is 0 Å². The second-order valence-corrected chi connectivity index (χ2v) is 2.18. The molecule has 0 amide bonds. The van der Waals surface area contributed by atoms with E-state index < -0.39 is 0 Å². The Kier molecular flexibility index (Phi) is 1.98. The molecular formula is C6H11N3O2. The van der Waals surface area contributed by atoms with Gasteiger partial charge in [0.15, 0.2) is 0 Å². The van der Waals surface area contributed by atoms with E-state index in [-0.39, 0.29) is 5.69 Å². The van der Waals surface area contributed by atoms with Crippen LogP contribution in [0.3, 0.4) is 0 Å². The molecule has 0 atom stereocenters. The fraction of sp³-hybridized carbons (Fsp3) is 0.667. The summed E-state index contributed by atoms with van der Waals surface area (Å²) in [5, 5.41) is 3.84. The largest absolute Gasteiger partial charge is 0.464 e. The Bertz CT molecular complexity index is 299. The number of rotatable bonds is 2. The van der Waals surface area contributed by atoms with Gasteiger partial charge in [0, 0.05) is 14.1 Å². The van der Waals surface area contributed by atoms with Crippen LogP contribution in [-0.4, -0.2) is 21.0 Å². The molecule has 5 nitrogen and oxygen atoms in total. The van der Waals surface area contributed by atoms with E-state index in [1.807, 2.05) is 6.92 Å². The first-order chi connectivity index (χ1) is 5.16. The van der Waals surface area contributed by atoms with Gasteiger partial charge in [-0.2, -0.15) is 0 Å². The van der Waals surface area contributed by atoms with Gasteiger partial charge >= 0.3 is 11.7 Å². The molecule has 0 saturated carbocycles. The highest BCUT2D eigenvalue weighted by Gasteiger charge is 2.06. The predicted octanol–water partition coefficient (Wildman–Crippen LogP) is -0.483. The van der Waals surface area contributed by atoms with Crippen molar-refractivity contribution < 1.29 is 4.74 Å². The summed E-state index contributed by atoms with van der Waals surface area (Å²) in [7, 11) is 3.21. The van der Waals surface area contributed by atoms with Crippen LogP contribution in [0.4, 0.5) is 0 Å². The number of ether oxygens (including phenoxy) is 1. The molecule has 0 aliphatic carbocycles. The number of hydrogen-bond acceptors (Lipinski definition) is 3. The van der Waals surface area contributed by atoms with E-state index in [1.54, 1.807) is 14.1 Å². The van der Waals surface area contributed by atoms with E-state index in [2.05, 4.69) is 5.10 Å². The first-order valence-electron chi connectivity index (χ1n) is 3.39. The van der Waals surface area contributed by atoms with Crippen molar-refractivity contribution in [1.29, 1.82) is 0 Å². The lowest BCUT2D eigenvalue weighted by Gasteiger charge is -1.97. The van der Waals surface area contributed by atoms with E-state index in [4.69, 9.17) is 4.74 Å². The monoisotopic (exact) mass is 157 g/mol. The van der Waals surface area contributed by atoms with Crippen molar-refractivity contribution in [3.8, 4) is 6.01 Å². The Hall–Kier alpha value is -1.26. The van der Waals surface area contributed by atoms with Crippen LogP contribution in [0.5, 0.6) is 6.01 Å². The molecular weight excluding hydrogens is 146 g/mol. The third kappa shape index (κ3) is 1.26. The molecule has 1 aromatic heterocycles. The first kappa shape index (κ1) is 7.84. The average Bonchev–Trinajstić information content (AvgIpc) is 2.19. The Morgan fingerprint density at radius 2 is 2.18 bits per heavy atom. The highest BCUT2D eigenvalue weighted by molar-refractivity contribution is 4.91. The van der Waals surface area contributed by atoms with Crippen molar-refractivity contribution in [3.05, 3.63) is 10.5 Å². The number of aryl methyl sites for hydroxylation is 1. The zero-order valence-corrected chi connectivity index (χ0v) is 6.87. The van der Waals surface area contributed by atoms with Crippen molar-refractivity contribution in [1.82, 2.24) is 14.3 Å². The molecule has 0 fully saturated rings. The quantitative estimate of drug-likeness (QED) is 0.582. The number of hydrogen-bond donors (Lipinski definition) is 0. The average molecular weight is 157 g/mol. The normalized spacial score (nSPS) is 10.1. The summed E-state index contributed by atoms with van der Waals surface area (Å²) in [6.45, 7) is 2.36. The molecule has 0 spiro atoms. The molecule has 0 unspecified atom stereocenters. The first-order valence-corrected chi connectivity index (χ1v) is 3.39. The van der Waals surface area contributed by atoms with Crippen LogP contribution < -0.4 is 10.4 Å². The zero-order valence-electron chi connectivity index (χ0n) is 6.87. The summed E-state index contributed by atoms with van der Waals surface area (Å²) < 4.78 is 7.67. The predicted molar refractivity (Wildman–Crippen MR) is 39.6 cm³/mol. The summed E-state index contributed by atoms with van der Waals surface area (Å²) in [5.41, 5.74) is -0.173. The maximum atomic E-state index is 11.0. The van der Waals surface area contributed by atoms with E-state index in [0.29, 0.717) is 12.6 Å². The smallest absolute Gasteiger partial charge is 0.348 e. The summed E-state index contributed by atoms with van der Waals surface area (Å²) >= 11 is 0. The van der Waals surface area contributed by atoms with Gasteiger partial charge in [-0.15, -0.1) is 5.10 Å². The van der Waals surface area contributed by atoms with Gasteiger partial charge in [-0.05, 0) is 6.92 Å². The van der Waals surface area contributed by atoms with Crippen LogP contribution in [0.25, 0.3) is 0 Å². The van der Waals surface area contributed by atoms with Gasteiger partial charge in [0.2, 0.25) is 0 Å². The minimum atomic E-state index is -0.173. The maximum Gasteiger partial charge on any atom is 0.348 e. The zero-order chi connectivity index (χ0) is 8.43. The van der Waals surface area contributed by atoms with Crippen molar-refractivity contribution in [2.45, 2.75) is 6.92 Å². The molecule has 0 aromatic carbocycles. The molecule has 62 valence electrons. The molecule has 0 saturated heterocycles. The number of nitrogens with zero attached hydrogens (tertiary/aromatic N) is 3. The SMILES string of the molecule is CCOc1nn(C)c(=O)n1C. The molecule has 0 aliphatic heterocycles. The standard InChI is InChI=1S/C6H11N3O2/c1-4-11-5-7-9(3)6(10)8(5)2/h4H2,1-3H3. The lowest BCUT2D eigenvalue weighted by atomic mass is 10.8. The summed E-state index contributed by atoms with van der Waals surface area (Å²) in [6, 6.07) is 0.361. The number of aromatic nitrogens is 3. The Morgan fingerprint density at radius 1 is 1.55 bits per heavy atom. The molecule has 1 rings (SSSR count). The van der Waals surface area contributed by atoms with Gasteiger partial charge in [-0.3, -0.25) is 0 Å². The highest BCUT2D eigenvalue weighted by Crippen LogP contribution is 1.98. The van der Waals surface area contributed by atoms with Crippen LogP contribution in [0.1, 0.15) is 6.92 Å². The van der Waals surface area contributed by atoms with Gasteiger partial charge in [0.05, 0.1) is 6.61 Å². The van der Waals surface area contributed by atoms with E-state index in [0.717, 1.165) is 0 Å². The molecule has 11 heavy (non-hydrogen) atoms. The van der Waals surface area contributed by atoms with E-state index in [9.17, 15) is 4.79 Å². The van der Waals surface area contributed by atoms with Crippen LogP contribution in [0.15, 0.2) is 4.79 Å². The van der Waals surface area contributed by atoms with Crippen molar-refractivity contribution >= 4 is 0 Å². The lowest BCUT2D eigenvalue weighted by Crippen LogP contribution is -2.20. The van der Waals surface area contributed by atoms with Gasteiger partial charge in [-0.25, -0.2) is 14.0 Å². The minimum Gasteiger partial charge on any atom is -0.464 e. The second kappa shape index (κ2) is 2.77. The molecule has 1 heterocycles. The minimum absolute atomic E-state index is 0.173. The Labute approximate surface area is 64.2 Å². The van der Waals surface area contributed by atoms with E-state index in [1.165, 1.54) is 9.25 Å². The van der Waals surface area contributed by atoms with Crippen molar-refractivity contribution in [2.75, 3.05) is 6.61 Å². The highest BCUT2D eigenvalue weighted by atomic mass is 16.5. The molecule has 1 aromatic rings. The Morgan fingerprint density at radius 3 is 2.55 bits per heavy atom. The third-order valence-electron chi connectivity index (χ3n) is 1.36. The van der Waals surface area contributed by atoms with Gasteiger partial charge in [-0.1, -0.05) is 0 Å². The fourth-order valence-corrected chi connectivity index (χ4v) is 0.792. The maximum absolute atomic E-state index is 11.0. The fourth-order valence-electron chi connectivity index (χ4n) is 0.792. The van der Waals surface area contributed by atoms with Crippen molar-refractivity contribution in [3.63, 3.8) is 0 Å². The summed E-state index contributed by atoms with van der Waals surface area (Å²) in [5.74, 6) is 0. The van der Waals surface area contributed by atoms with Crippen molar-refractivity contribution in [2.24, 2.45) is 14.1 Å². The topological polar surface area (TPSA) is 49.1 Å². The molecule has 0 radical (unpaired) electrons.